The molecule has 0 fully saturated rings. The van der Waals surface area contributed by atoms with Gasteiger partial charge in [0.1, 0.15) is 6.04 Å². The lowest BCUT2D eigenvalue weighted by atomic mass is 10.2. The molecule has 0 unspecified atom stereocenters. The number of nitrogens with one attached hydrogen (secondary N) is 1. The molecule has 0 radical (unpaired) electrons. The van der Waals surface area contributed by atoms with Crippen LogP contribution in [0, 0.1) is 12.3 Å². The molecule has 5 nitrogen and oxygen atoms in total. The highest BCUT2D eigenvalue weighted by molar-refractivity contribution is 5.86. The smallest absolute Gasteiger partial charge is 0.242 e. The van der Waals surface area contributed by atoms with Gasteiger partial charge in [-0.15, -0.1) is 12.3 Å². The number of primary amides is 1. The minimum absolute atomic E-state index is 0.230. The first kappa shape index (κ1) is 12.5. The molecule has 0 aromatic carbocycles. The van der Waals surface area contributed by atoms with E-state index in [1.54, 1.807) is 0 Å². The summed E-state index contributed by atoms with van der Waals surface area (Å²) in [6.07, 6.45) is 6.29. The Kier molecular flexibility index (Phi) is 6.16. The lowest BCUT2D eigenvalue weighted by molar-refractivity contribution is -0.128. The van der Waals surface area contributed by atoms with Crippen LogP contribution >= 0.6 is 0 Å². The molecule has 0 aromatic heterocycles. The topological polar surface area (TPSA) is 92.4 Å². The number of carbonyl (C=O) groups excluding carboxylic acids is 2. The van der Waals surface area contributed by atoms with Crippen molar-refractivity contribution in [3.63, 3.8) is 0 Å². The molecule has 0 heterocycles. The van der Waals surface area contributed by atoms with Gasteiger partial charge in [0.05, 0.1) is 6.61 Å². The van der Waals surface area contributed by atoms with Crippen molar-refractivity contribution >= 4 is 11.8 Å². The van der Waals surface area contributed by atoms with Crippen LogP contribution in [-0.2, 0) is 9.59 Å². The average molecular weight is 198 g/mol. The molecular formula is C9H14N2O3. The van der Waals surface area contributed by atoms with Crippen molar-refractivity contribution in [1.29, 1.82) is 0 Å². The quantitative estimate of drug-likeness (QED) is 0.368. The van der Waals surface area contributed by atoms with Gasteiger partial charge in [-0.05, 0) is 6.42 Å². The molecule has 2 amide bonds. The second-order valence-electron chi connectivity index (χ2n) is 2.76. The molecule has 0 aliphatic heterocycles. The predicted octanol–water partition coefficient (Wildman–Crippen LogP) is -1.25. The number of carbonyl (C=O) groups is 2. The summed E-state index contributed by atoms with van der Waals surface area (Å²) >= 11 is 0. The Morgan fingerprint density at radius 3 is 2.64 bits per heavy atom. The third-order valence-corrected chi connectivity index (χ3v) is 1.59. The van der Waals surface area contributed by atoms with Crippen LogP contribution in [0.15, 0.2) is 0 Å². The van der Waals surface area contributed by atoms with Crippen LogP contribution < -0.4 is 11.1 Å². The number of amides is 2. The molecule has 5 heteroatoms. The minimum atomic E-state index is -1.01. The van der Waals surface area contributed by atoms with Gasteiger partial charge in [0.2, 0.25) is 11.8 Å². The van der Waals surface area contributed by atoms with E-state index in [4.69, 9.17) is 17.3 Å². The van der Waals surface area contributed by atoms with Crippen LogP contribution in [0.25, 0.3) is 0 Å². The summed E-state index contributed by atoms with van der Waals surface area (Å²) in [4.78, 5) is 21.7. The van der Waals surface area contributed by atoms with Gasteiger partial charge in [-0.25, -0.2) is 0 Å². The molecule has 0 rings (SSSR count). The van der Waals surface area contributed by atoms with Gasteiger partial charge < -0.3 is 16.2 Å². The van der Waals surface area contributed by atoms with Crippen LogP contribution in [0.3, 0.4) is 0 Å². The number of aliphatic hydroxyl groups excluding tert-OH is 1. The van der Waals surface area contributed by atoms with Gasteiger partial charge in [0.25, 0.3) is 0 Å². The standard InChI is InChI=1S/C9H14N2O3/c1-2-3-4-5-8(13)11-7(6-12)9(10)14/h1,7,12H,3-6H2,(H2,10,14)(H,11,13)/t7-/m0/s1. The van der Waals surface area contributed by atoms with Crippen LogP contribution in [0.4, 0.5) is 0 Å². The molecule has 0 aliphatic carbocycles. The monoisotopic (exact) mass is 198 g/mol. The zero-order valence-corrected chi connectivity index (χ0v) is 7.82. The fourth-order valence-electron chi connectivity index (χ4n) is 0.824. The molecule has 14 heavy (non-hydrogen) atoms. The summed E-state index contributed by atoms with van der Waals surface area (Å²) in [6, 6.07) is -1.01. The number of aliphatic hydroxyl groups is 1. The molecular weight excluding hydrogens is 184 g/mol. The first-order valence-electron chi connectivity index (χ1n) is 4.24. The van der Waals surface area contributed by atoms with Gasteiger partial charge in [-0.1, -0.05) is 0 Å². The Labute approximate surface area is 82.7 Å². The first-order valence-corrected chi connectivity index (χ1v) is 4.24. The van der Waals surface area contributed by atoms with E-state index in [-0.39, 0.29) is 12.3 Å². The van der Waals surface area contributed by atoms with E-state index in [0.29, 0.717) is 12.8 Å². The summed E-state index contributed by atoms with van der Waals surface area (Å²) in [6.45, 7) is -0.490. The van der Waals surface area contributed by atoms with Crippen molar-refractivity contribution < 1.29 is 14.7 Å². The van der Waals surface area contributed by atoms with Crippen molar-refractivity contribution in [3.8, 4) is 12.3 Å². The Morgan fingerprint density at radius 2 is 2.21 bits per heavy atom. The van der Waals surface area contributed by atoms with Crippen LogP contribution in [0.1, 0.15) is 19.3 Å². The van der Waals surface area contributed by atoms with Gasteiger partial charge in [-0.2, -0.15) is 0 Å². The Balaban J connectivity index is 3.80. The first-order chi connectivity index (χ1) is 6.61. The molecule has 4 N–H and O–H groups in total. The summed E-state index contributed by atoms with van der Waals surface area (Å²) in [7, 11) is 0. The number of unbranched alkanes of at least 4 members (excludes halogenated alkanes) is 1. The minimum Gasteiger partial charge on any atom is -0.394 e. The third kappa shape index (κ3) is 5.17. The van der Waals surface area contributed by atoms with Gasteiger partial charge >= 0.3 is 0 Å². The highest BCUT2D eigenvalue weighted by atomic mass is 16.3. The summed E-state index contributed by atoms with van der Waals surface area (Å²) in [5.41, 5.74) is 4.90. The number of nitrogens with two attached hydrogens (primary N) is 1. The maximum atomic E-state index is 11.1. The largest absolute Gasteiger partial charge is 0.394 e. The van der Waals surface area contributed by atoms with E-state index in [0.717, 1.165) is 0 Å². The summed E-state index contributed by atoms with van der Waals surface area (Å²) in [5.74, 6) is 1.30. The summed E-state index contributed by atoms with van der Waals surface area (Å²) < 4.78 is 0. The van der Waals surface area contributed by atoms with Crippen LogP contribution in [0.2, 0.25) is 0 Å². The Bertz CT molecular complexity index is 245. The lowest BCUT2D eigenvalue weighted by Gasteiger charge is -2.11. The van der Waals surface area contributed by atoms with Gasteiger partial charge in [0, 0.05) is 12.8 Å². The van der Waals surface area contributed by atoms with E-state index in [9.17, 15) is 9.59 Å². The molecule has 0 aromatic rings. The fourth-order valence-corrected chi connectivity index (χ4v) is 0.824. The van der Waals surface area contributed by atoms with Crippen molar-refractivity contribution in [1.82, 2.24) is 5.32 Å². The predicted molar refractivity (Wildman–Crippen MR) is 50.9 cm³/mol. The molecule has 0 saturated heterocycles. The zero-order valence-electron chi connectivity index (χ0n) is 7.82. The Hall–Kier alpha value is -1.54. The average Bonchev–Trinajstić information content (AvgIpc) is 2.14. The zero-order chi connectivity index (χ0) is 11.0. The van der Waals surface area contributed by atoms with Crippen LogP contribution in [0.5, 0.6) is 0 Å². The SMILES string of the molecule is C#CCCCC(=O)N[C@@H](CO)C(N)=O. The highest BCUT2D eigenvalue weighted by Crippen LogP contribution is 1.94. The lowest BCUT2D eigenvalue weighted by Crippen LogP contribution is -2.46. The van der Waals surface area contributed by atoms with Crippen molar-refractivity contribution in [2.75, 3.05) is 6.61 Å². The highest BCUT2D eigenvalue weighted by Gasteiger charge is 2.15. The molecule has 0 aliphatic rings. The van der Waals surface area contributed by atoms with Crippen LogP contribution in [-0.4, -0.2) is 29.6 Å². The van der Waals surface area contributed by atoms with Gasteiger partial charge in [0.15, 0.2) is 0 Å². The van der Waals surface area contributed by atoms with E-state index in [1.165, 1.54) is 0 Å². The molecule has 0 saturated carbocycles. The molecule has 78 valence electrons. The van der Waals surface area contributed by atoms with E-state index in [1.807, 2.05) is 0 Å². The number of rotatable bonds is 6. The van der Waals surface area contributed by atoms with E-state index < -0.39 is 18.6 Å². The molecule has 0 bridgehead atoms. The van der Waals surface area contributed by atoms with E-state index >= 15 is 0 Å². The normalized spacial score (nSPS) is 11.4. The second kappa shape index (κ2) is 6.92. The maximum absolute atomic E-state index is 11.1. The number of terminal acetylenes is 1. The van der Waals surface area contributed by atoms with Crippen molar-refractivity contribution in [2.45, 2.75) is 25.3 Å². The second-order valence-corrected chi connectivity index (χ2v) is 2.76. The fraction of sp³-hybridized carbons (Fsp3) is 0.556. The third-order valence-electron chi connectivity index (χ3n) is 1.59. The van der Waals surface area contributed by atoms with Crippen molar-refractivity contribution in [3.05, 3.63) is 0 Å². The molecule has 0 spiro atoms. The number of hydrogen-bond donors (Lipinski definition) is 3. The van der Waals surface area contributed by atoms with E-state index in [2.05, 4.69) is 11.2 Å². The van der Waals surface area contributed by atoms with Crippen molar-refractivity contribution in [2.24, 2.45) is 5.73 Å². The number of hydrogen-bond acceptors (Lipinski definition) is 3. The maximum Gasteiger partial charge on any atom is 0.242 e. The molecule has 1 atom stereocenters. The Morgan fingerprint density at radius 1 is 1.57 bits per heavy atom. The summed E-state index contributed by atoms with van der Waals surface area (Å²) in [5, 5.41) is 11.0. The van der Waals surface area contributed by atoms with Gasteiger partial charge in [-0.3, -0.25) is 9.59 Å².